The molecule has 4 rings (SSSR count). The van der Waals surface area contributed by atoms with Crippen LogP contribution in [-0.4, -0.2) is 10.7 Å². The monoisotopic (exact) mass is 342 g/mol. The SMILES string of the molecule is Clc1cccc2cncc(N=C(c3ccccc3)c3ccccc3)c12. The topological polar surface area (TPSA) is 25.2 Å². The van der Waals surface area contributed by atoms with E-state index in [-0.39, 0.29) is 0 Å². The molecule has 0 bridgehead atoms. The number of aliphatic imine (C=N–C) groups is 1. The fraction of sp³-hybridized carbons (Fsp3) is 0. The van der Waals surface area contributed by atoms with Crippen molar-refractivity contribution in [2.24, 2.45) is 4.99 Å². The third-order valence-corrected chi connectivity index (χ3v) is 4.35. The second-order valence-electron chi connectivity index (χ2n) is 5.69. The van der Waals surface area contributed by atoms with Gasteiger partial charge in [-0.05, 0) is 6.07 Å². The maximum absolute atomic E-state index is 6.44. The van der Waals surface area contributed by atoms with Gasteiger partial charge in [-0.2, -0.15) is 0 Å². The van der Waals surface area contributed by atoms with E-state index in [0.29, 0.717) is 5.02 Å². The zero-order chi connectivity index (χ0) is 17.1. The highest BCUT2D eigenvalue weighted by atomic mass is 35.5. The fourth-order valence-corrected chi connectivity index (χ4v) is 3.14. The molecule has 0 N–H and O–H groups in total. The Hall–Kier alpha value is -2.97. The first-order valence-corrected chi connectivity index (χ1v) is 8.42. The smallest absolute Gasteiger partial charge is 0.0913 e. The number of fused-ring (bicyclic) bond motifs is 1. The van der Waals surface area contributed by atoms with E-state index in [4.69, 9.17) is 16.6 Å². The van der Waals surface area contributed by atoms with Crippen molar-refractivity contribution in [2.45, 2.75) is 0 Å². The number of hydrogen-bond donors (Lipinski definition) is 0. The van der Waals surface area contributed by atoms with Crippen LogP contribution in [0.3, 0.4) is 0 Å². The van der Waals surface area contributed by atoms with Crippen molar-refractivity contribution in [1.82, 2.24) is 4.98 Å². The summed E-state index contributed by atoms with van der Waals surface area (Å²) in [6.07, 6.45) is 3.57. The lowest BCUT2D eigenvalue weighted by atomic mass is 10.0. The van der Waals surface area contributed by atoms with Crippen LogP contribution in [0.2, 0.25) is 5.02 Å². The third kappa shape index (κ3) is 3.17. The van der Waals surface area contributed by atoms with Gasteiger partial charge in [0.1, 0.15) is 0 Å². The van der Waals surface area contributed by atoms with Gasteiger partial charge in [-0.1, -0.05) is 84.4 Å². The molecule has 0 amide bonds. The lowest BCUT2D eigenvalue weighted by Crippen LogP contribution is -2.02. The number of hydrogen-bond acceptors (Lipinski definition) is 2. The molecule has 3 heteroatoms. The number of nitrogens with zero attached hydrogens (tertiary/aromatic N) is 2. The van der Waals surface area contributed by atoms with Crippen molar-refractivity contribution in [3.05, 3.63) is 107 Å². The van der Waals surface area contributed by atoms with Crippen LogP contribution < -0.4 is 0 Å². The molecule has 4 aromatic rings. The van der Waals surface area contributed by atoms with Gasteiger partial charge in [-0.25, -0.2) is 4.99 Å². The second kappa shape index (κ2) is 6.88. The predicted octanol–water partition coefficient (Wildman–Crippen LogP) is 6.06. The van der Waals surface area contributed by atoms with Gasteiger partial charge in [0.15, 0.2) is 0 Å². The highest BCUT2D eigenvalue weighted by Gasteiger charge is 2.10. The molecule has 3 aromatic carbocycles. The molecule has 1 heterocycles. The van der Waals surface area contributed by atoms with E-state index >= 15 is 0 Å². The molecule has 0 aliphatic rings. The van der Waals surface area contributed by atoms with E-state index < -0.39 is 0 Å². The first kappa shape index (κ1) is 15.6. The maximum Gasteiger partial charge on any atom is 0.0913 e. The zero-order valence-electron chi connectivity index (χ0n) is 13.4. The Balaban J connectivity index is 1.98. The van der Waals surface area contributed by atoms with Gasteiger partial charge in [-0.15, -0.1) is 0 Å². The molecular formula is C22H15ClN2. The largest absolute Gasteiger partial charge is 0.262 e. The Morgan fingerprint density at radius 3 is 2.00 bits per heavy atom. The summed E-state index contributed by atoms with van der Waals surface area (Å²) in [7, 11) is 0. The Bertz CT molecular complexity index is 995. The van der Waals surface area contributed by atoms with Crippen LogP contribution in [0.1, 0.15) is 11.1 Å². The lowest BCUT2D eigenvalue weighted by molar-refractivity contribution is 1.34. The summed E-state index contributed by atoms with van der Waals surface area (Å²) < 4.78 is 0. The van der Waals surface area contributed by atoms with E-state index in [1.54, 1.807) is 6.20 Å². The molecular weight excluding hydrogens is 328 g/mol. The van der Waals surface area contributed by atoms with Crippen molar-refractivity contribution < 1.29 is 0 Å². The summed E-state index contributed by atoms with van der Waals surface area (Å²) in [6, 6.07) is 26.1. The molecule has 2 nitrogen and oxygen atoms in total. The predicted molar refractivity (Wildman–Crippen MR) is 105 cm³/mol. The van der Waals surface area contributed by atoms with Gasteiger partial charge in [0.25, 0.3) is 0 Å². The molecule has 0 atom stereocenters. The molecule has 25 heavy (non-hydrogen) atoms. The molecule has 0 saturated heterocycles. The van der Waals surface area contributed by atoms with Crippen LogP contribution in [0.5, 0.6) is 0 Å². The van der Waals surface area contributed by atoms with Crippen LogP contribution in [0.25, 0.3) is 10.8 Å². The van der Waals surface area contributed by atoms with Gasteiger partial charge >= 0.3 is 0 Å². The van der Waals surface area contributed by atoms with Crippen LogP contribution >= 0.6 is 11.6 Å². The first-order chi connectivity index (χ1) is 12.3. The lowest BCUT2D eigenvalue weighted by Gasteiger charge is -2.09. The normalized spacial score (nSPS) is 10.6. The number of benzene rings is 3. The highest BCUT2D eigenvalue weighted by molar-refractivity contribution is 6.36. The number of aromatic nitrogens is 1. The first-order valence-electron chi connectivity index (χ1n) is 8.05. The van der Waals surface area contributed by atoms with Crippen LogP contribution in [-0.2, 0) is 0 Å². The van der Waals surface area contributed by atoms with Crippen molar-refractivity contribution in [2.75, 3.05) is 0 Å². The molecule has 0 unspecified atom stereocenters. The molecule has 1 aromatic heterocycles. The Kier molecular flexibility index (Phi) is 4.28. The third-order valence-electron chi connectivity index (χ3n) is 4.04. The Morgan fingerprint density at radius 1 is 0.720 bits per heavy atom. The average Bonchev–Trinajstić information content (AvgIpc) is 2.68. The van der Waals surface area contributed by atoms with E-state index in [1.807, 2.05) is 60.8 Å². The minimum absolute atomic E-state index is 0.680. The summed E-state index contributed by atoms with van der Waals surface area (Å²) >= 11 is 6.44. The van der Waals surface area contributed by atoms with Gasteiger partial charge < -0.3 is 0 Å². The number of pyridine rings is 1. The van der Waals surface area contributed by atoms with Crippen molar-refractivity contribution in [3.63, 3.8) is 0 Å². The standard InChI is InChI=1S/C22H15ClN2/c23-19-13-7-12-18-14-24-15-20(21(18)19)25-22(16-8-3-1-4-9-16)17-10-5-2-6-11-17/h1-15H. The minimum Gasteiger partial charge on any atom is -0.262 e. The van der Waals surface area contributed by atoms with E-state index in [9.17, 15) is 0 Å². The molecule has 0 aliphatic heterocycles. The highest BCUT2D eigenvalue weighted by Crippen LogP contribution is 2.32. The van der Waals surface area contributed by atoms with Crippen LogP contribution in [0.15, 0.2) is 96.2 Å². The second-order valence-corrected chi connectivity index (χ2v) is 6.10. The van der Waals surface area contributed by atoms with Crippen molar-refractivity contribution in [1.29, 1.82) is 0 Å². The molecule has 0 aliphatic carbocycles. The van der Waals surface area contributed by atoms with Gasteiger partial charge in [0.05, 0.1) is 22.6 Å². The molecule has 0 saturated carbocycles. The molecule has 0 spiro atoms. The molecule has 0 fully saturated rings. The number of rotatable bonds is 3. The summed E-state index contributed by atoms with van der Waals surface area (Å²) in [6.45, 7) is 0. The molecule has 120 valence electrons. The van der Waals surface area contributed by atoms with E-state index in [1.165, 1.54) is 0 Å². The summed E-state index contributed by atoms with van der Waals surface area (Å²) in [5.74, 6) is 0. The minimum atomic E-state index is 0.680. The van der Waals surface area contributed by atoms with Gasteiger partial charge in [0.2, 0.25) is 0 Å². The summed E-state index contributed by atoms with van der Waals surface area (Å²) in [4.78, 5) is 9.29. The van der Waals surface area contributed by atoms with Crippen LogP contribution in [0, 0.1) is 0 Å². The van der Waals surface area contributed by atoms with Crippen LogP contribution in [0.4, 0.5) is 5.69 Å². The van der Waals surface area contributed by atoms with E-state index in [0.717, 1.165) is 33.3 Å². The van der Waals surface area contributed by atoms with E-state index in [2.05, 4.69) is 29.2 Å². The quantitative estimate of drug-likeness (QED) is 0.415. The Labute approximate surface area is 151 Å². The Morgan fingerprint density at radius 2 is 1.36 bits per heavy atom. The van der Waals surface area contributed by atoms with Gasteiger partial charge in [0, 0.05) is 28.1 Å². The van der Waals surface area contributed by atoms with Crippen molar-refractivity contribution in [3.8, 4) is 0 Å². The number of halogens is 1. The fourth-order valence-electron chi connectivity index (χ4n) is 2.86. The summed E-state index contributed by atoms with van der Waals surface area (Å²) in [5.41, 5.74) is 3.77. The summed E-state index contributed by atoms with van der Waals surface area (Å²) in [5, 5.41) is 2.58. The average molecular weight is 343 g/mol. The zero-order valence-corrected chi connectivity index (χ0v) is 14.2. The molecule has 0 radical (unpaired) electrons. The van der Waals surface area contributed by atoms with Gasteiger partial charge in [-0.3, -0.25) is 4.98 Å². The van der Waals surface area contributed by atoms with Crippen molar-refractivity contribution >= 4 is 33.8 Å². The maximum atomic E-state index is 6.44.